The number of nitrogen functional groups attached to an aromatic ring is 1. The molecule has 0 radical (unpaired) electrons. The third-order valence-electron chi connectivity index (χ3n) is 3.73. The molecule has 0 aliphatic heterocycles. The number of carbonyl (C=O) groups is 2. The van der Waals surface area contributed by atoms with Crippen molar-refractivity contribution in [3.05, 3.63) is 57.8 Å². The number of rotatable bonds is 8. The van der Waals surface area contributed by atoms with E-state index in [9.17, 15) is 14.0 Å². The summed E-state index contributed by atoms with van der Waals surface area (Å²) in [5, 5.41) is 2.87. The SMILES string of the molecule is Cc1ccc(C(=O)CCC(=O)OCc2nc(N)nc(Nc3ccc(F)cc3)n2)s1. The average molecular weight is 415 g/mol. The van der Waals surface area contributed by atoms with E-state index in [-0.39, 0.29) is 48.8 Å². The summed E-state index contributed by atoms with van der Waals surface area (Å²) in [5.74, 6) is -0.784. The highest BCUT2D eigenvalue weighted by Crippen LogP contribution is 2.18. The monoisotopic (exact) mass is 415 g/mol. The molecule has 3 aromatic rings. The van der Waals surface area contributed by atoms with Crippen molar-refractivity contribution < 1.29 is 18.7 Å². The van der Waals surface area contributed by atoms with Crippen molar-refractivity contribution in [3.8, 4) is 0 Å². The van der Waals surface area contributed by atoms with E-state index in [1.807, 2.05) is 13.0 Å². The number of benzene rings is 1. The lowest BCUT2D eigenvalue weighted by Gasteiger charge is -2.08. The zero-order chi connectivity index (χ0) is 20.8. The van der Waals surface area contributed by atoms with E-state index in [1.165, 1.54) is 35.6 Å². The first kappa shape index (κ1) is 20.3. The Balaban J connectivity index is 1.53. The summed E-state index contributed by atoms with van der Waals surface area (Å²) < 4.78 is 18.1. The van der Waals surface area contributed by atoms with Crippen LogP contribution in [-0.4, -0.2) is 26.7 Å². The molecule has 0 aliphatic carbocycles. The van der Waals surface area contributed by atoms with Crippen LogP contribution in [0.3, 0.4) is 0 Å². The minimum Gasteiger partial charge on any atom is -0.457 e. The van der Waals surface area contributed by atoms with Gasteiger partial charge in [0.2, 0.25) is 11.9 Å². The topological polar surface area (TPSA) is 120 Å². The number of esters is 1. The molecule has 0 bridgehead atoms. The second-order valence-electron chi connectivity index (χ2n) is 6.06. The number of nitrogens with two attached hydrogens (primary N) is 1. The lowest BCUT2D eigenvalue weighted by Crippen LogP contribution is -2.12. The molecule has 0 saturated heterocycles. The molecular weight excluding hydrogens is 397 g/mol. The van der Waals surface area contributed by atoms with Crippen molar-refractivity contribution in [2.24, 2.45) is 0 Å². The van der Waals surface area contributed by atoms with Crippen molar-refractivity contribution in [1.29, 1.82) is 0 Å². The maximum atomic E-state index is 13.0. The Kier molecular flexibility index (Phi) is 6.45. The predicted octanol–water partition coefficient (Wildman–Crippen LogP) is 3.41. The summed E-state index contributed by atoms with van der Waals surface area (Å²) in [4.78, 5) is 37.6. The largest absolute Gasteiger partial charge is 0.457 e. The molecule has 0 spiro atoms. The van der Waals surface area contributed by atoms with E-state index in [1.54, 1.807) is 6.07 Å². The second-order valence-corrected chi connectivity index (χ2v) is 7.35. The van der Waals surface area contributed by atoms with E-state index in [4.69, 9.17) is 10.5 Å². The van der Waals surface area contributed by atoms with Gasteiger partial charge in [-0.05, 0) is 43.3 Å². The van der Waals surface area contributed by atoms with Crippen LogP contribution in [0.25, 0.3) is 0 Å². The molecule has 0 aliphatic rings. The number of nitrogens with one attached hydrogen (secondary N) is 1. The van der Waals surface area contributed by atoms with Gasteiger partial charge in [-0.25, -0.2) is 4.39 Å². The van der Waals surface area contributed by atoms with Gasteiger partial charge in [-0.3, -0.25) is 9.59 Å². The average Bonchev–Trinajstić information content (AvgIpc) is 3.12. The normalized spacial score (nSPS) is 10.6. The Labute approximate surface area is 170 Å². The maximum absolute atomic E-state index is 13.0. The fourth-order valence-corrected chi connectivity index (χ4v) is 3.20. The Morgan fingerprint density at radius 2 is 1.86 bits per heavy atom. The van der Waals surface area contributed by atoms with Crippen LogP contribution in [0.5, 0.6) is 0 Å². The van der Waals surface area contributed by atoms with E-state index < -0.39 is 5.97 Å². The second kappa shape index (κ2) is 9.20. The Bertz CT molecular complexity index is 1020. The molecule has 3 rings (SSSR count). The third-order valence-corrected chi connectivity index (χ3v) is 4.77. The van der Waals surface area contributed by atoms with Gasteiger partial charge in [0.15, 0.2) is 18.2 Å². The van der Waals surface area contributed by atoms with E-state index >= 15 is 0 Å². The van der Waals surface area contributed by atoms with Gasteiger partial charge in [0.25, 0.3) is 0 Å². The van der Waals surface area contributed by atoms with Crippen LogP contribution in [0.15, 0.2) is 36.4 Å². The summed E-state index contributed by atoms with van der Waals surface area (Å²) in [6, 6.07) is 9.21. The van der Waals surface area contributed by atoms with Gasteiger partial charge in [0.1, 0.15) is 5.82 Å². The van der Waals surface area contributed by atoms with E-state index in [2.05, 4.69) is 20.3 Å². The molecule has 0 saturated carbocycles. The summed E-state index contributed by atoms with van der Waals surface area (Å²) in [6.45, 7) is 1.70. The van der Waals surface area contributed by atoms with Crippen molar-refractivity contribution in [1.82, 2.24) is 15.0 Å². The van der Waals surface area contributed by atoms with Crippen LogP contribution < -0.4 is 11.1 Å². The number of hydrogen-bond acceptors (Lipinski definition) is 9. The summed E-state index contributed by atoms with van der Waals surface area (Å²) in [7, 11) is 0. The predicted molar refractivity (Wildman–Crippen MR) is 106 cm³/mol. The zero-order valence-electron chi connectivity index (χ0n) is 15.5. The molecule has 8 nitrogen and oxygen atoms in total. The van der Waals surface area contributed by atoms with Crippen LogP contribution in [0.4, 0.5) is 22.0 Å². The molecule has 0 amide bonds. The van der Waals surface area contributed by atoms with Crippen LogP contribution in [0.2, 0.25) is 0 Å². The van der Waals surface area contributed by atoms with Crippen molar-refractivity contribution in [2.75, 3.05) is 11.1 Å². The minimum absolute atomic E-state index is 0.0446. The zero-order valence-corrected chi connectivity index (χ0v) is 16.3. The lowest BCUT2D eigenvalue weighted by molar-refractivity contribution is -0.145. The third kappa shape index (κ3) is 6.04. The number of ketones is 1. The number of carbonyl (C=O) groups excluding carboxylic acids is 2. The highest BCUT2D eigenvalue weighted by molar-refractivity contribution is 7.14. The van der Waals surface area contributed by atoms with Gasteiger partial charge in [0.05, 0.1) is 11.3 Å². The fourth-order valence-electron chi connectivity index (χ4n) is 2.36. The first-order valence-corrected chi connectivity index (χ1v) is 9.49. The van der Waals surface area contributed by atoms with Gasteiger partial charge in [-0.1, -0.05) is 0 Å². The molecule has 2 aromatic heterocycles. The van der Waals surface area contributed by atoms with Gasteiger partial charge < -0.3 is 15.8 Å². The molecule has 2 heterocycles. The molecule has 1 aromatic carbocycles. The highest BCUT2D eigenvalue weighted by atomic mass is 32.1. The standard InChI is InChI=1S/C19H18FN5O3S/c1-11-2-8-15(29-11)14(26)7-9-17(27)28-10-16-23-18(21)25-19(24-16)22-13-5-3-12(20)4-6-13/h2-6,8H,7,9-10H2,1H3,(H3,21,22,23,24,25). The number of nitrogens with zero attached hydrogens (tertiary/aromatic N) is 3. The van der Waals surface area contributed by atoms with Crippen molar-refractivity contribution >= 4 is 40.7 Å². The number of anilines is 3. The van der Waals surface area contributed by atoms with Crippen LogP contribution >= 0.6 is 11.3 Å². The number of aryl methyl sites for hydroxylation is 1. The smallest absolute Gasteiger partial charge is 0.306 e. The molecule has 0 fully saturated rings. The maximum Gasteiger partial charge on any atom is 0.306 e. The highest BCUT2D eigenvalue weighted by Gasteiger charge is 2.13. The van der Waals surface area contributed by atoms with Crippen molar-refractivity contribution in [3.63, 3.8) is 0 Å². The first-order chi connectivity index (χ1) is 13.9. The first-order valence-electron chi connectivity index (χ1n) is 8.67. The molecule has 0 atom stereocenters. The molecule has 0 unspecified atom stereocenters. The van der Waals surface area contributed by atoms with Gasteiger partial charge in [-0.2, -0.15) is 15.0 Å². The fraction of sp³-hybridized carbons (Fsp3) is 0.211. The molecule has 29 heavy (non-hydrogen) atoms. The van der Waals surface area contributed by atoms with Crippen LogP contribution in [-0.2, 0) is 16.1 Å². The quantitative estimate of drug-likeness (QED) is 0.424. The van der Waals surface area contributed by atoms with Gasteiger partial charge >= 0.3 is 5.97 Å². The summed E-state index contributed by atoms with van der Waals surface area (Å²) >= 11 is 1.39. The number of ether oxygens (including phenoxy) is 1. The van der Waals surface area contributed by atoms with Gasteiger partial charge in [0, 0.05) is 17.0 Å². The number of hydrogen-bond donors (Lipinski definition) is 2. The van der Waals surface area contributed by atoms with Gasteiger partial charge in [-0.15, -0.1) is 11.3 Å². The van der Waals surface area contributed by atoms with E-state index in [0.29, 0.717) is 10.6 Å². The number of thiophene rings is 1. The molecule has 150 valence electrons. The minimum atomic E-state index is -0.543. The Hall–Kier alpha value is -3.40. The molecular formula is C19H18FN5O3S. The molecule has 10 heteroatoms. The Morgan fingerprint density at radius 3 is 2.55 bits per heavy atom. The van der Waals surface area contributed by atoms with Crippen LogP contribution in [0.1, 0.15) is 33.2 Å². The van der Waals surface area contributed by atoms with Crippen LogP contribution in [0, 0.1) is 12.7 Å². The number of halogens is 1. The number of Topliss-reactive ketones (excluding diaryl/α,β-unsaturated/α-hetero) is 1. The summed E-state index contributed by atoms with van der Waals surface area (Å²) in [6.07, 6.45) is 0.0204. The Morgan fingerprint density at radius 1 is 1.10 bits per heavy atom. The molecule has 3 N–H and O–H groups in total. The summed E-state index contributed by atoms with van der Waals surface area (Å²) in [5.41, 5.74) is 6.22. The van der Waals surface area contributed by atoms with E-state index in [0.717, 1.165) is 4.88 Å². The van der Waals surface area contributed by atoms with Crippen molar-refractivity contribution in [2.45, 2.75) is 26.4 Å². The lowest BCUT2D eigenvalue weighted by atomic mass is 10.2. The number of aromatic nitrogens is 3.